The number of rotatable bonds is 5. The lowest BCUT2D eigenvalue weighted by atomic mass is 9.88. The Morgan fingerprint density at radius 1 is 0.828 bits per heavy atom. The zero-order chi connectivity index (χ0) is 19.8. The van der Waals surface area contributed by atoms with Gasteiger partial charge in [0.05, 0.1) is 6.20 Å². The molecule has 5 heteroatoms. The van der Waals surface area contributed by atoms with E-state index in [4.69, 9.17) is 9.26 Å². The third kappa shape index (κ3) is 3.40. The summed E-state index contributed by atoms with van der Waals surface area (Å²) in [5.74, 6) is 2.45. The van der Waals surface area contributed by atoms with Crippen LogP contribution in [0.3, 0.4) is 0 Å². The van der Waals surface area contributed by atoms with E-state index < -0.39 is 0 Å². The molecule has 1 saturated carbocycles. The van der Waals surface area contributed by atoms with Crippen LogP contribution < -0.4 is 4.74 Å². The van der Waals surface area contributed by atoms with Crippen LogP contribution in [0.5, 0.6) is 11.5 Å². The Labute approximate surface area is 169 Å². The lowest BCUT2D eigenvalue weighted by molar-refractivity contribution is 0.394. The number of aromatic nitrogens is 3. The molecule has 0 bridgehead atoms. The van der Waals surface area contributed by atoms with E-state index >= 15 is 0 Å². The number of aryl methyl sites for hydroxylation is 2. The van der Waals surface area contributed by atoms with Gasteiger partial charge in [-0.25, -0.2) is 4.98 Å². The van der Waals surface area contributed by atoms with Gasteiger partial charge in [0.1, 0.15) is 17.2 Å². The molecule has 4 aromatic rings. The summed E-state index contributed by atoms with van der Waals surface area (Å²) in [4.78, 5) is 8.54. The third-order valence-electron chi connectivity index (χ3n) is 5.49. The average molecular weight is 383 g/mol. The molecule has 29 heavy (non-hydrogen) atoms. The first-order valence-corrected chi connectivity index (χ1v) is 9.75. The van der Waals surface area contributed by atoms with Crippen LogP contribution in [0.1, 0.15) is 35.4 Å². The molecule has 0 spiro atoms. The molecular weight excluding hydrogens is 362 g/mol. The van der Waals surface area contributed by atoms with Crippen molar-refractivity contribution in [1.29, 1.82) is 0 Å². The summed E-state index contributed by atoms with van der Waals surface area (Å²) >= 11 is 0. The van der Waals surface area contributed by atoms with Crippen molar-refractivity contribution in [3.63, 3.8) is 0 Å². The number of pyridine rings is 1. The molecule has 0 amide bonds. The summed E-state index contributed by atoms with van der Waals surface area (Å²) in [5.41, 5.74) is 4.85. The van der Waals surface area contributed by atoms with Crippen LogP contribution in [-0.4, -0.2) is 15.1 Å². The first-order chi connectivity index (χ1) is 14.1. The van der Waals surface area contributed by atoms with Gasteiger partial charge in [-0.15, -0.1) is 0 Å². The summed E-state index contributed by atoms with van der Waals surface area (Å²) in [5, 5.41) is 3.88. The van der Waals surface area contributed by atoms with Gasteiger partial charge in [-0.2, -0.15) is 4.98 Å². The highest BCUT2D eigenvalue weighted by Gasteiger charge is 2.45. The highest BCUT2D eigenvalue weighted by Crippen LogP contribution is 2.53. The minimum absolute atomic E-state index is 0.165. The van der Waals surface area contributed by atoms with Crippen LogP contribution in [-0.2, 0) is 5.41 Å². The zero-order valence-corrected chi connectivity index (χ0v) is 16.4. The van der Waals surface area contributed by atoms with E-state index in [-0.39, 0.29) is 5.41 Å². The summed E-state index contributed by atoms with van der Waals surface area (Å²) in [6.07, 6.45) is 4.05. The Hall–Kier alpha value is -3.47. The lowest BCUT2D eigenvalue weighted by Crippen LogP contribution is -2.08. The van der Waals surface area contributed by atoms with E-state index in [0.717, 1.165) is 5.75 Å². The van der Waals surface area contributed by atoms with E-state index in [2.05, 4.69) is 58.4 Å². The molecule has 0 saturated heterocycles. The van der Waals surface area contributed by atoms with Gasteiger partial charge >= 0.3 is 0 Å². The van der Waals surface area contributed by atoms with Gasteiger partial charge in [0.2, 0.25) is 11.7 Å². The van der Waals surface area contributed by atoms with Gasteiger partial charge in [-0.3, -0.25) is 0 Å². The van der Waals surface area contributed by atoms with Crippen LogP contribution in [0, 0.1) is 13.8 Å². The first kappa shape index (κ1) is 17.6. The van der Waals surface area contributed by atoms with Crippen molar-refractivity contribution in [2.45, 2.75) is 32.1 Å². The largest absolute Gasteiger partial charge is 0.456 e. The maximum atomic E-state index is 5.96. The van der Waals surface area contributed by atoms with Crippen LogP contribution in [0.25, 0.3) is 11.5 Å². The third-order valence-corrected chi connectivity index (χ3v) is 5.49. The van der Waals surface area contributed by atoms with E-state index in [1.165, 1.54) is 29.5 Å². The Kier molecular flexibility index (Phi) is 4.16. The van der Waals surface area contributed by atoms with Gasteiger partial charge in [0, 0.05) is 12.3 Å². The molecule has 144 valence electrons. The highest BCUT2D eigenvalue weighted by atomic mass is 16.5. The van der Waals surface area contributed by atoms with Crippen LogP contribution in [0.15, 0.2) is 71.4 Å². The molecule has 1 aliphatic rings. The SMILES string of the molecule is Cc1ccc(C2(c3ccc(Oc4ccc(-c5noc(C)n5)nc4)cc3)CC2)cc1. The highest BCUT2D eigenvalue weighted by molar-refractivity contribution is 5.50. The van der Waals surface area contributed by atoms with Crippen LogP contribution in [0.4, 0.5) is 0 Å². The van der Waals surface area contributed by atoms with E-state index in [1.54, 1.807) is 13.1 Å². The molecular formula is C24H21N3O2. The van der Waals surface area contributed by atoms with Crippen molar-refractivity contribution < 1.29 is 9.26 Å². The summed E-state index contributed by atoms with van der Waals surface area (Å²) < 4.78 is 11.0. The van der Waals surface area contributed by atoms with Gasteiger partial charge in [-0.1, -0.05) is 47.1 Å². The van der Waals surface area contributed by atoms with Crippen molar-refractivity contribution in [3.05, 3.63) is 89.4 Å². The predicted molar refractivity (Wildman–Crippen MR) is 110 cm³/mol. The van der Waals surface area contributed by atoms with E-state index in [0.29, 0.717) is 23.2 Å². The molecule has 5 rings (SSSR count). The fourth-order valence-electron chi connectivity index (χ4n) is 3.70. The fourth-order valence-corrected chi connectivity index (χ4v) is 3.70. The molecule has 0 aliphatic heterocycles. The molecule has 5 nitrogen and oxygen atoms in total. The number of benzene rings is 2. The van der Waals surface area contributed by atoms with Crippen molar-refractivity contribution >= 4 is 0 Å². The zero-order valence-electron chi connectivity index (χ0n) is 16.4. The molecule has 0 unspecified atom stereocenters. The molecule has 1 aliphatic carbocycles. The molecule has 0 N–H and O–H groups in total. The van der Waals surface area contributed by atoms with Crippen molar-refractivity contribution in [2.75, 3.05) is 0 Å². The maximum Gasteiger partial charge on any atom is 0.223 e. The van der Waals surface area contributed by atoms with Gasteiger partial charge in [0.15, 0.2) is 0 Å². The Morgan fingerprint density at radius 2 is 1.48 bits per heavy atom. The smallest absolute Gasteiger partial charge is 0.223 e. The molecule has 2 aromatic carbocycles. The van der Waals surface area contributed by atoms with Crippen molar-refractivity contribution in [1.82, 2.24) is 15.1 Å². The number of nitrogens with zero attached hydrogens (tertiary/aromatic N) is 3. The molecule has 0 radical (unpaired) electrons. The van der Waals surface area contributed by atoms with Crippen molar-refractivity contribution in [3.8, 4) is 23.0 Å². The van der Waals surface area contributed by atoms with Gasteiger partial charge in [-0.05, 0) is 55.2 Å². The quantitative estimate of drug-likeness (QED) is 0.447. The Bertz CT molecular complexity index is 1130. The number of hydrogen-bond acceptors (Lipinski definition) is 5. The second-order valence-corrected chi connectivity index (χ2v) is 7.59. The summed E-state index contributed by atoms with van der Waals surface area (Å²) in [6.45, 7) is 3.88. The molecule has 2 aromatic heterocycles. The number of ether oxygens (including phenoxy) is 1. The van der Waals surface area contributed by atoms with E-state index in [9.17, 15) is 0 Å². The summed E-state index contributed by atoms with van der Waals surface area (Å²) in [6, 6.07) is 21.0. The number of hydrogen-bond donors (Lipinski definition) is 0. The average Bonchev–Trinajstić information content (AvgIpc) is 3.44. The van der Waals surface area contributed by atoms with Crippen molar-refractivity contribution in [2.24, 2.45) is 0 Å². The molecule has 1 fully saturated rings. The second kappa shape index (κ2) is 6.85. The second-order valence-electron chi connectivity index (χ2n) is 7.59. The van der Waals surface area contributed by atoms with Crippen LogP contribution >= 0.6 is 0 Å². The van der Waals surface area contributed by atoms with Gasteiger partial charge < -0.3 is 9.26 Å². The Morgan fingerprint density at radius 3 is 2.03 bits per heavy atom. The standard InChI is InChI=1S/C24H21N3O2/c1-16-3-5-18(6-4-16)24(13-14-24)19-7-9-20(10-8-19)28-21-11-12-22(25-15-21)23-26-17(2)29-27-23/h3-12,15H,13-14H2,1-2H3. The fraction of sp³-hybridized carbons (Fsp3) is 0.208. The minimum atomic E-state index is 0.165. The summed E-state index contributed by atoms with van der Waals surface area (Å²) in [7, 11) is 0. The topological polar surface area (TPSA) is 61.0 Å². The maximum absolute atomic E-state index is 5.96. The monoisotopic (exact) mass is 383 g/mol. The van der Waals surface area contributed by atoms with E-state index in [1.807, 2.05) is 24.3 Å². The van der Waals surface area contributed by atoms with Crippen LogP contribution in [0.2, 0.25) is 0 Å². The first-order valence-electron chi connectivity index (χ1n) is 9.75. The molecule has 2 heterocycles. The lowest BCUT2D eigenvalue weighted by Gasteiger charge is -2.17. The Balaban J connectivity index is 1.31. The predicted octanol–water partition coefficient (Wildman–Crippen LogP) is 5.62. The van der Waals surface area contributed by atoms with Gasteiger partial charge in [0.25, 0.3) is 0 Å². The normalized spacial score (nSPS) is 14.6. The minimum Gasteiger partial charge on any atom is -0.456 e. The molecule has 0 atom stereocenters.